The first kappa shape index (κ1) is 15.6. The first-order valence-electron chi connectivity index (χ1n) is 6.95. The predicted octanol–water partition coefficient (Wildman–Crippen LogP) is 3.57. The molecule has 0 saturated heterocycles. The van der Waals surface area contributed by atoms with Gasteiger partial charge in [-0.15, -0.1) is 11.3 Å². The van der Waals surface area contributed by atoms with Gasteiger partial charge in [-0.05, 0) is 25.0 Å². The van der Waals surface area contributed by atoms with Crippen LogP contribution in [0, 0.1) is 18.7 Å². The minimum Gasteiger partial charge on any atom is -0.356 e. The Balaban J connectivity index is 2.13. The molecule has 21 heavy (non-hydrogen) atoms. The van der Waals surface area contributed by atoms with Gasteiger partial charge in [-0.2, -0.15) is 0 Å². The zero-order chi connectivity index (χ0) is 15.4. The van der Waals surface area contributed by atoms with Gasteiger partial charge in [0.15, 0.2) is 0 Å². The number of carbonyl (C=O) groups excluding carboxylic acids is 1. The van der Waals surface area contributed by atoms with Gasteiger partial charge in [0.25, 0.3) is 0 Å². The summed E-state index contributed by atoms with van der Waals surface area (Å²) in [6.07, 6.45) is 0.296. The van der Waals surface area contributed by atoms with Crippen molar-refractivity contribution in [2.75, 3.05) is 6.54 Å². The minimum absolute atomic E-state index is 0.0180. The smallest absolute Gasteiger partial charge is 0.225 e. The number of halogens is 1. The fourth-order valence-electron chi connectivity index (χ4n) is 1.87. The monoisotopic (exact) mass is 306 g/mol. The van der Waals surface area contributed by atoms with Gasteiger partial charge in [0.05, 0.1) is 12.1 Å². The van der Waals surface area contributed by atoms with Crippen LogP contribution in [0.25, 0.3) is 10.6 Å². The van der Waals surface area contributed by atoms with Crippen LogP contribution in [-0.2, 0) is 11.2 Å². The van der Waals surface area contributed by atoms with Crippen molar-refractivity contribution in [3.8, 4) is 10.6 Å². The number of thiazole rings is 1. The second kappa shape index (κ2) is 6.80. The highest BCUT2D eigenvalue weighted by atomic mass is 32.1. The highest BCUT2D eigenvalue weighted by Gasteiger charge is 2.15. The molecule has 0 fully saturated rings. The lowest BCUT2D eigenvalue weighted by Crippen LogP contribution is -2.28. The first-order valence-corrected chi connectivity index (χ1v) is 7.77. The molecule has 0 radical (unpaired) electrons. The van der Waals surface area contributed by atoms with Crippen LogP contribution in [0.4, 0.5) is 4.39 Å². The average molecular weight is 306 g/mol. The van der Waals surface area contributed by atoms with Crippen LogP contribution in [-0.4, -0.2) is 17.4 Å². The van der Waals surface area contributed by atoms with E-state index in [9.17, 15) is 9.18 Å². The standard InChI is InChI=1S/C16H19FN2OS/c1-10(2)9-18-15(20)8-14-11(3)19-16(21-14)12-6-4-5-7-13(12)17/h4-7,10H,8-9H2,1-3H3,(H,18,20). The molecule has 0 bridgehead atoms. The summed E-state index contributed by atoms with van der Waals surface area (Å²) >= 11 is 1.38. The maximum atomic E-state index is 13.8. The van der Waals surface area contributed by atoms with Gasteiger partial charge in [-0.3, -0.25) is 4.79 Å². The van der Waals surface area contributed by atoms with E-state index in [0.717, 1.165) is 10.6 Å². The van der Waals surface area contributed by atoms with Crippen LogP contribution < -0.4 is 5.32 Å². The maximum absolute atomic E-state index is 13.8. The quantitative estimate of drug-likeness (QED) is 0.917. The van der Waals surface area contributed by atoms with Crippen molar-refractivity contribution < 1.29 is 9.18 Å². The highest BCUT2D eigenvalue weighted by Crippen LogP contribution is 2.29. The number of aromatic nitrogens is 1. The largest absolute Gasteiger partial charge is 0.356 e. The molecule has 2 aromatic rings. The first-order chi connectivity index (χ1) is 9.97. The van der Waals surface area contributed by atoms with Crippen LogP contribution in [0.5, 0.6) is 0 Å². The Bertz CT molecular complexity index is 637. The molecule has 1 amide bonds. The van der Waals surface area contributed by atoms with E-state index in [1.807, 2.05) is 6.92 Å². The Morgan fingerprint density at radius 1 is 1.38 bits per heavy atom. The molecule has 0 saturated carbocycles. The number of nitrogens with zero attached hydrogens (tertiary/aromatic N) is 1. The van der Waals surface area contributed by atoms with Gasteiger partial charge in [-0.25, -0.2) is 9.37 Å². The Labute approximate surface area is 128 Å². The Morgan fingerprint density at radius 2 is 2.10 bits per heavy atom. The molecule has 1 heterocycles. The molecule has 0 spiro atoms. The predicted molar refractivity (Wildman–Crippen MR) is 83.8 cm³/mol. The van der Waals surface area contributed by atoms with Crippen molar-refractivity contribution in [2.45, 2.75) is 27.2 Å². The molecular weight excluding hydrogens is 287 g/mol. The van der Waals surface area contributed by atoms with Gasteiger partial charge in [0.2, 0.25) is 5.91 Å². The summed E-state index contributed by atoms with van der Waals surface area (Å²) in [7, 11) is 0. The number of hydrogen-bond acceptors (Lipinski definition) is 3. The van der Waals surface area contributed by atoms with Crippen LogP contribution in [0.2, 0.25) is 0 Å². The van der Waals surface area contributed by atoms with E-state index in [-0.39, 0.29) is 11.7 Å². The van der Waals surface area contributed by atoms with E-state index in [4.69, 9.17) is 0 Å². The number of benzene rings is 1. The summed E-state index contributed by atoms with van der Waals surface area (Å²) in [6.45, 7) is 6.62. The second-order valence-electron chi connectivity index (χ2n) is 5.38. The van der Waals surface area contributed by atoms with Crippen molar-refractivity contribution in [1.29, 1.82) is 0 Å². The van der Waals surface area contributed by atoms with E-state index in [0.29, 0.717) is 29.5 Å². The number of carbonyl (C=O) groups is 1. The Kier molecular flexibility index (Phi) is 5.07. The van der Waals surface area contributed by atoms with Gasteiger partial charge in [0.1, 0.15) is 10.8 Å². The van der Waals surface area contributed by atoms with Crippen molar-refractivity contribution in [2.24, 2.45) is 5.92 Å². The fourth-order valence-corrected chi connectivity index (χ4v) is 2.96. The van der Waals surface area contributed by atoms with Crippen molar-refractivity contribution in [3.63, 3.8) is 0 Å². The normalized spacial score (nSPS) is 10.9. The molecule has 112 valence electrons. The topological polar surface area (TPSA) is 42.0 Å². The third-order valence-electron chi connectivity index (χ3n) is 3.03. The number of amides is 1. The van der Waals surface area contributed by atoms with E-state index in [1.165, 1.54) is 17.4 Å². The molecule has 0 aliphatic carbocycles. The minimum atomic E-state index is -0.290. The van der Waals surface area contributed by atoms with E-state index in [1.54, 1.807) is 18.2 Å². The summed E-state index contributed by atoms with van der Waals surface area (Å²) in [5, 5.41) is 3.51. The number of nitrogens with one attached hydrogen (secondary N) is 1. The molecule has 3 nitrogen and oxygen atoms in total. The lowest BCUT2D eigenvalue weighted by atomic mass is 10.2. The summed E-state index contributed by atoms with van der Waals surface area (Å²) in [5.74, 6) is 0.114. The van der Waals surface area contributed by atoms with Gasteiger partial charge >= 0.3 is 0 Å². The van der Waals surface area contributed by atoms with Crippen LogP contribution in [0.15, 0.2) is 24.3 Å². The molecule has 1 N–H and O–H groups in total. The molecular formula is C16H19FN2OS. The number of hydrogen-bond donors (Lipinski definition) is 1. The van der Waals surface area contributed by atoms with Gasteiger partial charge < -0.3 is 5.32 Å². The van der Waals surface area contributed by atoms with Crippen LogP contribution in [0.1, 0.15) is 24.4 Å². The molecule has 5 heteroatoms. The number of rotatable bonds is 5. The van der Waals surface area contributed by atoms with Crippen molar-refractivity contribution in [3.05, 3.63) is 40.7 Å². The molecule has 0 atom stereocenters. The molecule has 1 aromatic heterocycles. The second-order valence-corrected chi connectivity index (χ2v) is 6.47. The van der Waals surface area contributed by atoms with E-state index < -0.39 is 0 Å². The number of aryl methyl sites for hydroxylation is 1. The van der Waals surface area contributed by atoms with Crippen LogP contribution >= 0.6 is 11.3 Å². The zero-order valence-corrected chi connectivity index (χ0v) is 13.3. The molecule has 0 unspecified atom stereocenters. The Hall–Kier alpha value is -1.75. The zero-order valence-electron chi connectivity index (χ0n) is 12.4. The lowest BCUT2D eigenvalue weighted by molar-refractivity contribution is -0.120. The molecule has 0 aliphatic heterocycles. The van der Waals surface area contributed by atoms with Gasteiger partial charge in [-0.1, -0.05) is 26.0 Å². The third-order valence-corrected chi connectivity index (χ3v) is 4.22. The van der Waals surface area contributed by atoms with Crippen molar-refractivity contribution >= 4 is 17.2 Å². The van der Waals surface area contributed by atoms with Crippen molar-refractivity contribution in [1.82, 2.24) is 10.3 Å². The SMILES string of the molecule is Cc1nc(-c2ccccc2F)sc1CC(=O)NCC(C)C. The fraction of sp³-hybridized carbons (Fsp3) is 0.375. The third kappa shape index (κ3) is 4.11. The molecule has 2 rings (SSSR count). The summed E-state index contributed by atoms with van der Waals surface area (Å²) < 4.78 is 13.8. The van der Waals surface area contributed by atoms with E-state index >= 15 is 0 Å². The highest BCUT2D eigenvalue weighted by molar-refractivity contribution is 7.15. The average Bonchev–Trinajstić information content (AvgIpc) is 2.78. The molecule has 0 aliphatic rings. The van der Waals surface area contributed by atoms with E-state index in [2.05, 4.69) is 24.1 Å². The molecule has 1 aromatic carbocycles. The summed E-state index contributed by atoms with van der Waals surface area (Å²) in [6, 6.07) is 6.56. The summed E-state index contributed by atoms with van der Waals surface area (Å²) in [4.78, 5) is 17.1. The summed E-state index contributed by atoms with van der Waals surface area (Å²) in [5.41, 5.74) is 1.28. The Morgan fingerprint density at radius 3 is 2.76 bits per heavy atom. The van der Waals surface area contributed by atoms with Crippen LogP contribution in [0.3, 0.4) is 0 Å². The van der Waals surface area contributed by atoms with Gasteiger partial charge in [0, 0.05) is 17.0 Å². The maximum Gasteiger partial charge on any atom is 0.225 e. The lowest BCUT2D eigenvalue weighted by Gasteiger charge is -2.06.